The van der Waals surface area contributed by atoms with Crippen molar-refractivity contribution in [3.63, 3.8) is 0 Å². The monoisotopic (exact) mass is 512 g/mol. The normalized spacial score (nSPS) is 33.0. The van der Waals surface area contributed by atoms with Gasteiger partial charge in [-0.15, -0.1) is 6.58 Å². The first kappa shape index (κ1) is 24.0. The zero-order chi connectivity index (χ0) is 25.9. The molecule has 1 amide bonds. The minimum Gasteiger partial charge on any atom is -0.504 e. The predicted molar refractivity (Wildman–Crippen MR) is 146 cm³/mol. The largest absolute Gasteiger partial charge is 0.504 e. The van der Waals surface area contributed by atoms with Crippen molar-refractivity contribution in [2.24, 2.45) is 5.92 Å². The first-order chi connectivity index (χ1) is 18.6. The number of ether oxygens (including phenoxy) is 2. The first-order valence-electron chi connectivity index (χ1n) is 14.1. The maximum Gasteiger partial charge on any atom is 0.244 e. The third-order valence-electron chi connectivity index (χ3n) is 9.74. The summed E-state index contributed by atoms with van der Waals surface area (Å²) >= 11 is 0. The lowest BCUT2D eigenvalue weighted by atomic mass is 9.48. The average molecular weight is 513 g/mol. The van der Waals surface area contributed by atoms with Crippen LogP contribution < -0.4 is 10.1 Å². The lowest BCUT2D eigenvalue weighted by Crippen LogP contribution is -2.79. The number of carbonyl (C=O) groups excluding carboxylic acids is 1. The van der Waals surface area contributed by atoms with E-state index >= 15 is 0 Å². The van der Waals surface area contributed by atoms with Gasteiger partial charge in [-0.1, -0.05) is 42.5 Å². The Bertz CT molecular complexity index is 1290. The molecule has 0 unspecified atom stereocenters. The van der Waals surface area contributed by atoms with Crippen molar-refractivity contribution >= 4 is 12.0 Å². The van der Waals surface area contributed by atoms with E-state index in [-0.39, 0.29) is 29.8 Å². The summed E-state index contributed by atoms with van der Waals surface area (Å²) in [5.74, 6) is 1.43. The van der Waals surface area contributed by atoms with Crippen LogP contribution in [0.5, 0.6) is 11.5 Å². The van der Waals surface area contributed by atoms with Crippen LogP contribution in [0.1, 0.15) is 48.8 Å². The van der Waals surface area contributed by atoms with Crippen LogP contribution in [0, 0.1) is 5.92 Å². The number of hydrogen-bond acceptors (Lipinski definition) is 5. The molecule has 5 aliphatic rings. The Kier molecular flexibility index (Phi) is 5.68. The van der Waals surface area contributed by atoms with E-state index in [1.165, 1.54) is 18.4 Å². The number of phenolic OH excluding ortho intramolecular Hbond substituents is 1. The van der Waals surface area contributed by atoms with E-state index in [1.54, 1.807) is 12.1 Å². The molecule has 0 radical (unpaired) electrons. The molecule has 2 aliphatic heterocycles. The Labute approximate surface area is 224 Å². The lowest BCUT2D eigenvalue weighted by molar-refractivity contribution is -0.215. The van der Waals surface area contributed by atoms with E-state index in [2.05, 4.69) is 22.9 Å². The van der Waals surface area contributed by atoms with Gasteiger partial charge in [0, 0.05) is 24.2 Å². The van der Waals surface area contributed by atoms with Gasteiger partial charge in [-0.3, -0.25) is 9.69 Å². The summed E-state index contributed by atoms with van der Waals surface area (Å²) in [6.45, 7) is 6.54. The summed E-state index contributed by atoms with van der Waals surface area (Å²) in [5, 5.41) is 14.2. The highest BCUT2D eigenvalue weighted by Gasteiger charge is 2.74. The highest BCUT2D eigenvalue weighted by molar-refractivity contribution is 5.92. The number of benzene rings is 2. The molecular weight excluding hydrogens is 476 g/mol. The van der Waals surface area contributed by atoms with E-state index in [0.717, 1.165) is 55.8 Å². The zero-order valence-electron chi connectivity index (χ0n) is 21.8. The van der Waals surface area contributed by atoms with E-state index in [1.807, 2.05) is 42.5 Å². The number of hydrogen-bond donors (Lipinski definition) is 2. The number of piperidine rings is 1. The van der Waals surface area contributed by atoms with Gasteiger partial charge in [-0.25, -0.2) is 0 Å². The van der Waals surface area contributed by atoms with E-state index in [0.29, 0.717) is 12.4 Å². The fraction of sp³-hybridized carbons (Fsp3) is 0.469. The molecule has 38 heavy (non-hydrogen) atoms. The fourth-order valence-corrected chi connectivity index (χ4v) is 8.07. The molecule has 2 saturated carbocycles. The maximum absolute atomic E-state index is 13.1. The van der Waals surface area contributed by atoms with Gasteiger partial charge < -0.3 is 19.9 Å². The Balaban J connectivity index is 1.27. The number of amides is 1. The van der Waals surface area contributed by atoms with Crippen molar-refractivity contribution in [1.82, 2.24) is 10.2 Å². The predicted octanol–water partition coefficient (Wildman–Crippen LogP) is 4.36. The van der Waals surface area contributed by atoms with Crippen molar-refractivity contribution in [2.45, 2.75) is 67.7 Å². The fourth-order valence-electron chi connectivity index (χ4n) is 8.07. The van der Waals surface area contributed by atoms with Gasteiger partial charge >= 0.3 is 0 Å². The minimum absolute atomic E-state index is 0.128. The van der Waals surface area contributed by atoms with Gasteiger partial charge in [-0.2, -0.15) is 0 Å². The van der Waals surface area contributed by atoms with Crippen LogP contribution in [0.3, 0.4) is 0 Å². The number of phenols is 1. The molecule has 3 fully saturated rings. The molecule has 1 spiro atoms. The lowest BCUT2D eigenvalue weighted by Gasteiger charge is -2.66. The van der Waals surface area contributed by atoms with Crippen molar-refractivity contribution < 1.29 is 19.4 Å². The van der Waals surface area contributed by atoms with E-state index in [9.17, 15) is 9.90 Å². The maximum atomic E-state index is 13.1. The van der Waals surface area contributed by atoms with Crippen molar-refractivity contribution in [2.75, 3.05) is 19.7 Å². The summed E-state index contributed by atoms with van der Waals surface area (Å²) in [4.78, 5) is 15.8. The van der Waals surface area contributed by atoms with Crippen molar-refractivity contribution in [3.05, 3.63) is 77.9 Å². The molecule has 5 atom stereocenters. The zero-order valence-corrected chi connectivity index (χ0v) is 21.8. The summed E-state index contributed by atoms with van der Waals surface area (Å²) in [5.41, 5.74) is 2.47. The number of nitrogens with zero attached hydrogens (tertiary/aromatic N) is 1. The number of aromatic hydroxyl groups is 1. The average Bonchev–Trinajstić information content (AvgIpc) is 3.68. The van der Waals surface area contributed by atoms with Crippen LogP contribution in [0.25, 0.3) is 6.08 Å². The minimum atomic E-state index is -0.452. The molecule has 6 nitrogen and oxygen atoms in total. The van der Waals surface area contributed by atoms with Crippen molar-refractivity contribution in [1.29, 1.82) is 0 Å². The highest BCUT2D eigenvalue weighted by Crippen LogP contribution is 2.66. The van der Waals surface area contributed by atoms with Crippen LogP contribution in [0.4, 0.5) is 0 Å². The summed E-state index contributed by atoms with van der Waals surface area (Å²) < 4.78 is 13.6. The standard InChI is InChI=1S/C32H36N2O4/c1-2-18-37-32-15-14-24(33-27(36)13-10-21-6-4-3-5-7-21)30-31(32)16-17-34(20-22-8-9-22)26(32)19-23-11-12-25(35)29(38-30)28(23)31/h2-7,10-13,22,24,26,30,35H,1,8-9,14-20H2,(H,33,36)/b13-10+/t24-,26-,30+,31+,32-/m1/s1. The molecule has 2 N–H and O–H groups in total. The van der Waals surface area contributed by atoms with Gasteiger partial charge in [0.2, 0.25) is 5.91 Å². The van der Waals surface area contributed by atoms with Gasteiger partial charge in [0.1, 0.15) is 6.10 Å². The summed E-state index contributed by atoms with van der Waals surface area (Å²) in [6, 6.07) is 13.8. The topological polar surface area (TPSA) is 71.0 Å². The van der Waals surface area contributed by atoms with Crippen LogP contribution in [0.15, 0.2) is 61.2 Å². The Hall–Kier alpha value is -3.09. The SMILES string of the molecule is C=CCO[C@@]12CC[C@@H](NC(=O)/C=C/c3ccccc3)[C@@H]3Oc4c(O)ccc5c4[C@@]31CCN(CC1CC1)[C@@H]2C5. The molecule has 0 aromatic heterocycles. The quantitative estimate of drug-likeness (QED) is 0.406. The highest BCUT2D eigenvalue weighted by atomic mass is 16.5. The molecule has 2 aromatic carbocycles. The van der Waals surface area contributed by atoms with Crippen molar-refractivity contribution in [3.8, 4) is 11.5 Å². The first-order valence-corrected chi connectivity index (χ1v) is 14.1. The molecule has 2 heterocycles. The molecule has 1 saturated heterocycles. The van der Waals surface area contributed by atoms with E-state index < -0.39 is 11.0 Å². The number of carbonyl (C=O) groups is 1. The van der Waals surface area contributed by atoms with Gasteiger partial charge in [-0.05, 0) is 74.3 Å². The number of nitrogens with one attached hydrogen (secondary N) is 1. The Morgan fingerprint density at radius 3 is 2.82 bits per heavy atom. The molecular formula is C32H36N2O4. The third kappa shape index (κ3) is 3.50. The van der Waals surface area contributed by atoms with E-state index in [4.69, 9.17) is 9.47 Å². The molecule has 7 rings (SSSR count). The summed E-state index contributed by atoms with van der Waals surface area (Å²) in [7, 11) is 0. The van der Waals surface area contributed by atoms with Crippen LogP contribution >= 0.6 is 0 Å². The summed E-state index contributed by atoms with van der Waals surface area (Å²) in [6.07, 6.45) is 11.0. The van der Waals surface area contributed by atoms with Crippen LogP contribution in [-0.2, 0) is 21.4 Å². The number of likely N-dealkylation sites (tertiary alicyclic amines) is 1. The second-order valence-electron chi connectivity index (χ2n) is 11.8. The van der Waals surface area contributed by atoms with Gasteiger partial charge in [0.15, 0.2) is 11.5 Å². The van der Waals surface area contributed by atoms with Crippen LogP contribution in [-0.4, -0.2) is 59.4 Å². The molecule has 198 valence electrons. The smallest absolute Gasteiger partial charge is 0.244 e. The van der Waals surface area contributed by atoms with Gasteiger partial charge in [0.05, 0.1) is 23.7 Å². The second-order valence-corrected chi connectivity index (χ2v) is 11.8. The van der Waals surface area contributed by atoms with Crippen LogP contribution in [0.2, 0.25) is 0 Å². The molecule has 3 aliphatic carbocycles. The Morgan fingerprint density at radius 1 is 1.18 bits per heavy atom. The number of rotatable bonds is 8. The molecule has 2 aromatic rings. The molecule has 2 bridgehead atoms. The Morgan fingerprint density at radius 2 is 2.03 bits per heavy atom. The molecule has 6 heteroatoms. The second kappa shape index (κ2) is 8.99. The van der Waals surface area contributed by atoms with Gasteiger partial charge in [0.25, 0.3) is 0 Å². The third-order valence-corrected chi connectivity index (χ3v) is 9.74.